The highest BCUT2D eigenvalue weighted by Gasteiger charge is 2.34. The molecule has 1 atom stereocenters. The number of imidazole rings is 1. The van der Waals surface area contributed by atoms with E-state index >= 15 is 0 Å². The maximum atomic E-state index is 13.5. The SMILES string of the molecule is Cn1c(CNC(=O)[C@@H](Cc2ccccc2C(F)(F)F)NC(=O)OC(C)(C)C)nc2cccnc21. The van der Waals surface area contributed by atoms with Crippen molar-refractivity contribution in [2.45, 2.75) is 51.6 Å². The Balaban J connectivity index is 1.82. The van der Waals surface area contributed by atoms with Gasteiger partial charge in [0.1, 0.15) is 23.0 Å². The van der Waals surface area contributed by atoms with Crippen molar-refractivity contribution in [3.8, 4) is 0 Å². The molecule has 2 N–H and O–H groups in total. The molecule has 8 nitrogen and oxygen atoms in total. The Bertz CT molecular complexity index is 1180. The number of aromatic nitrogens is 3. The van der Waals surface area contributed by atoms with Gasteiger partial charge in [0.05, 0.1) is 12.1 Å². The van der Waals surface area contributed by atoms with E-state index in [1.807, 2.05) is 0 Å². The second-order valence-corrected chi connectivity index (χ2v) is 8.71. The summed E-state index contributed by atoms with van der Waals surface area (Å²) >= 11 is 0. The number of aryl methyl sites for hydroxylation is 1. The second-order valence-electron chi connectivity index (χ2n) is 8.71. The Morgan fingerprint density at radius 1 is 1.12 bits per heavy atom. The van der Waals surface area contributed by atoms with Crippen LogP contribution < -0.4 is 10.6 Å². The Kier molecular flexibility index (Phi) is 7.13. The smallest absolute Gasteiger partial charge is 0.416 e. The van der Waals surface area contributed by atoms with Gasteiger partial charge in [0.25, 0.3) is 0 Å². The van der Waals surface area contributed by atoms with E-state index in [0.29, 0.717) is 17.0 Å². The minimum atomic E-state index is -4.61. The normalized spacial score (nSPS) is 12.9. The zero-order valence-corrected chi connectivity index (χ0v) is 19.2. The van der Waals surface area contributed by atoms with Crippen LogP contribution in [0.3, 0.4) is 0 Å². The van der Waals surface area contributed by atoms with Crippen LogP contribution in [0.15, 0.2) is 42.6 Å². The molecule has 0 unspecified atom stereocenters. The van der Waals surface area contributed by atoms with Crippen LogP contribution in [0.4, 0.5) is 18.0 Å². The van der Waals surface area contributed by atoms with Gasteiger partial charge in [0.2, 0.25) is 5.91 Å². The summed E-state index contributed by atoms with van der Waals surface area (Å²) in [6, 6.07) is 7.11. The van der Waals surface area contributed by atoms with Gasteiger partial charge in [-0.3, -0.25) is 4.79 Å². The number of carbonyl (C=O) groups is 2. The number of halogens is 3. The molecule has 2 heterocycles. The first-order valence-corrected chi connectivity index (χ1v) is 10.5. The summed E-state index contributed by atoms with van der Waals surface area (Å²) in [5, 5.41) is 5.04. The Hall–Kier alpha value is -3.63. The fourth-order valence-electron chi connectivity index (χ4n) is 3.37. The number of nitrogens with zero attached hydrogens (tertiary/aromatic N) is 3. The number of amides is 2. The van der Waals surface area contributed by atoms with E-state index in [1.165, 1.54) is 18.2 Å². The van der Waals surface area contributed by atoms with Crippen LogP contribution in [0.5, 0.6) is 0 Å². The molecule has 0 bridgehead atoms. The molecule has 182 valence electrons. The molecule has 3 rings (SSSR count). The summed E-state index contributed by atoms with van der Waals surface area (Å²) in [4.78, 5) is 34.0. The number of pyridine rings is 1. The second kappa shape index (κ2) is 9.70. The van der Waals surface area contributed by atoms with Gasteiger partial charge in [-0.15, -0.1) is 0 Å². The summed E-state index contributed by atoms with van der Waals surface area (Å²) < 4.78 is 47.3. The highest BCUT2D eigenvalue weighted by Crippen LogP contribution is 2.32. The lowest BCUT2D eigenvalue weighted by Crippen LogP contribution is -2.49. The molecule has 3 aromatic rings. The number of benzene rings is 1. The Morgan fingerprint density at radius 2 is 1.82 bits per heavy atom. The predicted molar refractivity (Wildman–Crippen MR) is 119 cm³/mol. The summed E-state index contributed by atoms with van der Waals surface area (Å²) in [5.41, 5.74) is -0.598. The van der Waals surface area contributed by atoms with Crippen LogP contribution in [0.2, 0.25) is 0 Å². The molecule has 0 aliphatic rings. The highest BCUT2D eigenvalue weighted by atomic mass is 19.4. The molecule has 0 spiro atoms. The first-order chi connectivity index (χ1) is 15.8. The van der Waals surface area contributed by atoms with E-state index in [-0.39, 0.29) is 18.5 Å². The molecule has 0 saturated carbocycles. The van der Waals surface area contributed by atoms with E-state index in [1.54, 1.807) is 50.7 Å². The maximum absolute atomic E-state index is 13.5. The lowest BCUT2D eigenvalue weighted by atomic mass is 9.99. The molecule has 0 aliphatic heterocycles. The summed E-state index contributed by atoms with van der Waals surface area (Å²) in [7, 11) is 1.74. The summed E-state index contributed by atoms with van der Waals surface area (Å²) in [6.07, 6.45) is -4.29. The van der Waals surface area contributed by atoms with Crippen LogP contribution >= 0.6 is 0 Å². The zero-order chi connectivity index (χ0) is 25.1. The van der Waals surface area contributed by atoms with E-state index < -0.39 is 35.4 Å². The summed E-state index contributed by atoms with van der Waals surface area (Å²) in [6.45, 7) is 4.90. The number of nitrogens with one attached hydrogen (secondary N) is 2. The number of ether oxygens (including phenoxy) is 1. The van der Waals surface area contributed by atoms with Gasteiger partial charge in [0.15, 0.2) is 5.65 Å². The van der Waals surface area contributed by atoms with Gasteiger partial charge in [-0.1, -0.05) is 18.2 Å². The van der Waals surface area contributed by atoms with Crippen molar-refractivity contribution in [2.24, 2.45) is 7.05 Å². The number of fused-ring (bicyclic) bond motifs is 1. The van der Waals surface area contributed by atoms with Gasteiger partial charge in [-0.2, -0.15) is 13.2 Å². The standard InChI is InChI=1S/C23H26F3N5O3/c1-22(2,3)34-21(33)30-17(12-14-8-5-6-9-15(14)23(24,25)26)20(32)28-13-18-29-16-10-7-11-27-19(16)31(18)4/h5-11,17H,12-13H2,1-4H3,(H,28,32)(H,30,33)/t17-/m1/s1. The van der Waals surface area contributed by atoms with Crippen molar-refractivity contribution in [1.29, 1.82) is 0 Å². The number of alkyl carbamates (subject to hydrolysis) is 1. The van der Waals surface area contributed by atoms with E-state index in [0.717, 1.165) is 6.07 Å². The third-order valence-corrected chi connectivity index (χ3v) is 4.90. The first-order valence-electron chi connectivity index (χ1n) is 10.5. The number of rotatable bonds is 6. The third-order valence-electron chi connectivity index (χ3n) is 4.90. The highest BCUT2D eigenvalue weighted by molar-refractivity contribution is 5.86. The average Bonchev–Trinajstić information content (AvgIpc) is 3.05. The molecule has 0 saturated heterocycles. The first kappa shape index (κ1) is 25.0. The minimum Gasteiger partial charge on any atom is -0.444 e. The molecule has 1 aromatic carbocycles. The Labute approximate surface area is 194 Å². The van der Waals surface area contributed by atoms with Crippen molar-refractivity contribution in [2.75, 3.05) is 0 Å². The van der Waals surface area contributed by atoms with Crippen LogP contribution in [-0.2, 0) is 35.7 Å². The van der Waals surface area contributed by atoms with E-state index in [9.17, 15) is 22.8 Å². The zero-order valence-electron chi connectivity index (χ0n) is 19.2. The average molecular weight is 477 g/mol. The van der Waals surface area contributed by atoms with Gasteiger partial charge < -0.3 is 19.9 Å². The molecule has 2 aromatic heterocycles. The van der Waals surface area contributed by atoms with Crippen molar-refractivity contribution >= 4 is 23.2 Å². The maximum Gasteiger partial charge on any atom is 0.416 e. The van der Waals surface area contributed by atoms with Crippen molar-refractivity contribution in [3.63, 3.8) is 0 Å². The lowest BCUT2D eigenvalue weighted by Gasteiger charge is -2.24. The van der Waals surface area contributed by atoms with Crippen LogP contribution in [0.1, 0.15) is 37.7 Å². The van der Waals surface area contributed by atoms with Crippen molar-refractivity contribution < 1.29 is 27.5 Å². The van der Waals surface area contributed by atoms with Crippen LogP contribution in [-0.4, -0.2) is 38.2 Å². The number of carbonyl (C=O) groups excluding carboxylic acids is 2. The largest absolute Gasteiger partial charge is 0.444 e. The van der Waals surface area contributed by atoms with Crippen molar-refractivity contribution in [1.82, 2.24) is 25.2 Å². The number of hydrogen-bond donors (Lipinski definition) is 2. The topological polar surface area (TPSA) is 98.1 Å². The molecule has 34 heavy (non-hydrogen) atoms. The lowest BCUT2D eigenvalue weighted by molar-refractivity contribution is -0.138. The molecule has 0 radical (unpaired) electrons. The van der Waals surface area contributed by atoms with Crippen molar-refractivity contribution in [3.05, 3.63) is 59.5 Å². The van der Waals surface area contributed by atoms with E-state index in [4.69, 9.17) is 4.74 Å². The molecule has 2 amide bonds. The fraction of sp³-hybridized carbons (Fsp3) is 0.391. The predicted octanol–water partition coefficient (Wildman–Crippen LogP) is 3.74. The fourth-order valence-corrected chi connectivity index (χ4v) is 3.37. The van der Waals surface area contributed by atoms with Gasteiger partial charge in [-0.05, 0) is 44.5 Å². The Morgan fingerprint density at radius 3 is 2.47 bits per heavy atom. The number of alkyl halides is 3. The monoisotopic (exact) mass is 477 g/mol. The molecule has 0 fully saturated rings. The number of hydrogen-bond acceptors (Lipinski definition) is 5. The minimum absolute atomic E-state index is 0.0148. The van der Waals surface area contributed by atoms with E-state index in [2.05, 4.69) is 20.6 Å². The van der Waals surface area contributed by atoms with Crippen LogP contribution in [0.25, 0.3) is 11.2 Å². The molecule has 0 aliphatic carbocycles. The van der Waals surface area contributed by atoms with Crippen LogP contribution in [0, 0.1) is 0 Å². The van der Waals surface area contributed by atoms with Gasteiger partial charge in [-0.25, -0.2) is 14.8 Å². The molecular formula is C23H26F3N5O3. The molecular weight excluding hydrogens is 451 g/mol. The third kappa shape index (κ3) is 6.24. The summed E-state index contributed by atoms with van der Waals surface area (Å²) in [5.74, 6) is -0.184. The quantitative estimate of drug-likeness (QED) is 0.564. The molecule has 11 heteroatoms. The van der Waals surface area contributed by atoms with Gasteiger partial charge >= 0.3 is 12.3 Å². The van der Waals surface area contributed by atoms with Gasteiger partial charge in [0, 0.05) is 19.7 Å².